The topological polar surface area (TPSA) is 94.2 Å². The molecule has 3 rings (SSSR count). The molecular weight excluding hydrogens is 512 g/mol. The Hall–Kier alpha value is -2.98. The largest absolute Gasteiger partial charge is 0.494 e. The van der Waals surface area contributed by atoms with E-state index in [4.69, 9.17) is 14.2 Å². The van der Waals surface area contributed by atoms with Gasteiger partial charge in [-0.25, -0.2) is 0 Å². The van der Waals surface area contributed by atoms with Crippen molar-refractivity contribution in [2.75, 3.05) is 32.2 Å². The van der Waals surface area contributed by atoms with Gasteiger partial charge in [0.1, 0.15) is 12.3 Å². The number of hydrogen-bond acceptors (Lipinski definition) is 7. The molecule has 1 aliphatic rings. The molecule has 1 aliphatic heterocycles. The minimum atomic E-state index is -0.536. The zero-order chi connectivity index (χ0) is 24.0. The van der Waals surface area contributed by atoms with Crippen LogP contribution in [0.2, 0.25) is 0 Å². The molecule has 0 aromatic heterocycles. The summed E-state index contributed by atoms with van der Waals surface area (Å²) in [6, 6.07) is 10.3. The molecule has 174 valence electrons. The fraction of sp³-hybridized carbons (Fsp3) is 0.261. The average Bonchev–Trinajstić information content (AvgIpc) is 3.04. The number of carbonyl (C=O) groups excluding carboxylic acids is 3. The number of rotatable bonds is 9. The molecule has 1 saturated heterocycles. The van der Waals surface area contributed by atoms with Crippen LogP contribution in [0.4, 0.5) is 10.5 Å². The molecule has 0 aliphatic carbocycles. The van der Waals surface area contributed by atoms with Crippen LogP contribution < -0.4 is 19.5 Å². The number of anilines is 1. The normalized spacial score (nSPS) is 14.5. The predicted molar refractivity (Wildman–Crippen MR) is 131 cm³/mol. The van der Waals surface area contributed by atoms with Gasteiger partial charge in [-0.1, -0.05) is 15.9 Å². The van der Waals surface area contributed by atoms with Crippen molar-refractivity contribution in [1.82, 2.24) is 4.90 Å². The second kappa shape index (κ2) is 11.2. The second-order valence-corrected chi connectivity index (χ2v) is 8.58. The van der Waals surface area contributed by atoms with Gasteiger partial charge in [0.25, 0.3) is 11.1 Å². The summed E-state index contributed by atoms with van der Waals surface area (Å²) in [5.74, 6) is 0.727. The maximum Gasteiger partial charge on any atom is 0.294 e. The first kappa shape index (κ1) is 24.7. The number of benzene rings is 2. The third-order valence-corrected chi connectivity index (χ3v) is 6.09. The molecule has 1 fully saturated rings. The number of methoxy groups -OCH3 is 1. The van der Waals surface area contributed by atoms with Crippen LogP contribution in [-0.2, 0) is 9.59 Å². The van der Waals surface area contributed by atoms with Crippen molar-refractivity contribution < 1.29 is 28.6 Å². The van der Waals surface area contributed by atoms with Gasteiger partial charge in [0.05, 0.1) is 25.2 Å². The molecule has 8 nitrogen and oxygen atoms in total. The lowest BCUT2D eigenvalue weighted by molar-refractivity contribution is -0.127. The van der Waals surface area contributed by atoms with Crippen LogP contribution in [0.15, 0.2) is 45.8 Å². The summed E-state index contributed by atoms with van der Waals surface area (Å²) in [6.07, 6.45) is 1.58. The minimum Gasteiger partial charge on any atom is -0.494 e. The molecule has 3 amide bonds. The molecule has 0 saturated carbocycles. The first-order valence-electron chi connectivity index (χ1n) is 10.1. The number of carbonyl (C=O) groups is 3. The Morgan fingerprint density at radius 2 is 1.79 bits per heavy atom. The molecule has 33 heavy (non-hydrogen) atoms. The zero-order valence-corrected chi connectivity index (χ0v) is 20.7. The van der Waals surface area contributed by atoms with E-state index in [1.165, 1.54) is 7.11 Å². The predicted octanol–water partition coefficient (Wildman–Crippen LogP) is 4.93. The number of ether oxygens (including phenoxy) is 3. The Bertz CT molecular complexity index is 1090. The van der Waals surface area contributed by atoms with E-state index < -0.39 is 17.1 Å². The lowest BCUT2D eigenvalue weighted by atomic mass is 10.2. The molecule has 1 heterocycles. The summed E-state index contributed by atoms with van der Waals surface area (Å²) in [4.78, 5) is 38.8. The molecule has 0 unspecified atom stereocenters. The Kier molecular flexibility index (Phi) is 8.40. The van der Waals surface area contributed by atoms with Crippen molar-refractivity contribution >= 4 is 56.5 Å². The molecule has 10 heteroatoms. The molecule has 2 aromatic rings. The fourth-order valence-electron chi connectivity index (χ4n) is 3.01. The van der Waals surface area contributed by atoms with Gasteiger partial charge < -0.3 is 19.5 Å². The highest BCUT2D eigenvalue weighted by Crippen LogP contribution is 2.38. The van der Waals surface area contributed by atoms with Gasteiger partial charge in [-0.05, 0) is 73.6 Å². The highest BCUT2D eigenvalue weighted by Gasteiger charge is 2.36. The van der Waals surface area contributed by atoms with E-state index in [9.17, 15) is 14.4 Å². The summed E-state index contributed by atoms with van der Waals surface area (Å²) >= 11 is 4.24. The number of imide groups is 1. The van der Waals surface area contributed by atoms with E-state index in [0.29, 0.717) is 46.2 Å². The van der Waals surface area contributed by atoms with Crippen LogP contribution in [0, 0.1) is 0 Å². The van der Waals surface area contributed by atoms with E-state index in [2.05, 4.69) is 21.2 Å². The summed E-state index contributed by atoms with van der Waals surface area (Å²) in [6.45, 7) is 4.37. The number of amides is 3. The molecule has 1 N–H and O–H groups in total. The monoisotopic (exact) mass is 534 g/mol. The van der Waals surface area contributed by atoms with Gasteiger partial charge in [0.15, 0.2) is 11.5 Å². The molecule has 2 aromatic carbocycles. The van der Waals surface area contributed by atoms with Crippen molar-refractivity contribution in [3.63, 3.8) is 0 Å². The third-order valence-electron chi connectivity index (χ3n) is 4.49. The summed E-state index contributed by atoms with van der Waals surface area (Å²) < 4.78 is 16.9. The minimum absolute atomic E-state index is 0.209. The summed E-state index contributed by atoms with van der Waals surface area (Å²) in [5.41, 5.74) is 1.18. The van der Waals surface area contributed by atoms with E-state index in [1.54, 1.807) is 42.5 Å². The van der Waals surface area contributed by atoms with E-state index >= 15 is 0 Å². The van der Waals surface area contributed by atoms with Crippen molar-refractivity contribution in [3.05, 3.63) is 51.3 Å². The quantitative estimate of drug-likeness (QED) is 0.455. The fourth-order valence-corrected chi connectivity index (χ4v) is 4.28. The van der Waals surface area contributed by atoms with Crippen LogP contribution in [0.5, 0.6) is 17.2 Å². The van der Waals surface area contributed by atoms with E-state index in [-0.39, 0.29) is 11.4 Å². The van der Waals surface area contributed by atoms with Crippen LogP contribution in [0.3, 0.4) is 0 Å². The van der Waals surface area contributed by atoms with Gasteiger partial charge in [0.2, 0.25) is 5.91 Å². The van der Waals surface area contributed by atoms with Crippen LogP contribution in [0.1, 0.15) is 19.4 Å². The zero-order valence-electron chi connectivity index (χ0n) is 18.3. The molecular formula is C23H23BrN2O6S. The van der Waals surface area contributed by atoms with Crippen molar-refractivity contribution in [3.8, 4) is 17.2 Å². The third kappa shape index (κ3) is 6.08. The Balaban J connectivity index is 1.71. The van der Waals surface area contributed by atoms with E-state index in [0.717, 1.165) is 16.7 Å². The molecule has 0 spiro atoms. The highest BCUT2D eigenvalue weighted by atomic mass is 79.9. The van der Waals surface area contributed by atoms with Crippen molar-refractivity contribution in [2.24, 2.45) is 0 Å². The van der Waals surface area contributed by atoms with Gasteiger partial charge in [0, 0.05) is 10.2 Å². The van der Waals surface area contributed by atoms with Crippen molar-refractivity contribution in [2.45, 2.75) is 13.8 Å². The lowest BCUT2D eigenvalue weighted by Crippen LogP contribution is -2.36. The standard InChI is InChI=1S/C23H23BrN2O6S/c1-4-31-16-8-6-15(7-9-16)25-21(27)13-26-22(28)20(33-23(26)29)11-14-10-18(30-3)19(32-5-2)12-17(14)24/h6-12H,4-5,13H2,1-3H3,(H,25,27)/b20-11+. The van der Waals surface area contributed by atoms with Gasteiger partial charge in [-0.3, -0.25) is 19.3 Å². The van der Waals surface area contributed by atoms with Crippen LogP contribution in [0.25, 0.3) is 6.08 Å². The Labute approximate surface area is 204 Å². The van der Waals surface area contributed by atoms with E-state index in [1.807, 2.05) is 13.8 Å². The Morgan fingerprint density at radius 1 is 1.09 bits per heavy atom. The molecule has 0 bridgehead atoms. The SMILES string of the molecule is CCOc1ccc(NC(=O)CN2C(=O)S/C(=C/c3cc(OC)c(OCC)cc3Br)C2=O)cc1. The number of thioether (sulfide) groups is 1. The molecule has 0 atom stereocenters. The van der Waals surface area contributed by atoms with Gasteiger partial charge in [-0.15, -0.1) is 0 Å². The van der Waals surface area contributed by atoms with Crippen LogP contribution in [-0.4, -0.2) is 48.8 Å². The first-order valence-corrected chi connectivity index (χ1v) is 11.8. The summed E-state index contributed by atoms with van der Waals surface area (Å²) in [7, 11) is 1.52. The number of nitrogens with one attached hydrogen (secondary N) is 1. The maximum atomic E-state index is 12.8. The highest BCUT2D eigenvalue weighted by molar-refractivity contribution is 9.10. The number of halogens is 1. The first-order chi connectivity index (χ1) is 15.9. The van der Waals surface area contributed by atoms with Crippen molar-refractivity contribution in [1.29, 1.82) is 0 Å². The summed E-state index contributed by atoms with van der Waals surface area (Å²) in [5, 5.41) is 2.17. The smallest absolute Gasteiger partial charge is 0.294 e. The lowest BCUT2D eigenvalue weighted by Gasteiger charge is -2.13. The number of nitrogens with zero attached hydrogens (tertiary/aromatic N) is 1. The average molecular weight is 535 g/mol. The maximum absolute atomic E-state index is 12.8. The Morgan fingerprint density at radius 3 is 2.42 bits per heavy atom. The second-order valence-electron chi connectivity index (χ2n) is 6.73. The van der Waals surface area contributed by atoms with Gasteiger partial charge in [-0.2, -0.15) is 0 Å². The van der Waals surface area contributed by atoms with Gasteiger partial charge >= 0.3 is 0 Å². The molecule has 0 radical (unpaired) electrons. The van der Waals surface area contributed by atoms with Crippen LogP contribution >= 0.6 is 27.7 Å². The number of hydrogen-bond donors (Lipinski definition) is 1.